The first-order valence-corrected chi connectivity index (χ1v) is 6.77. The summed E-state index contributed by atoms with van der Waals surface area (Å²) in [6, 6.07) is 10.1. The molecule has 2 aromatic rings. The Morgan fingerprint density at radius 3 is 2.73 bits per heavy atom. The highest BCUT2D eigenvalue weighted by Gasteiger charge is 2.06. The lowest BCUT2D eigenvalue weighted by Crippen LogP contribution is -2.31. The van der Waals surface area contributed by atoms with Gasteiger partial charge in [-0.05, 0) is 49.2 Å². The average molecular weight is 306 g/mol. The highest BCUT2D eigenvalue weighted by molar-refractivity contribution is 5.80. The lowest BCUT2D eigenvalue weighted by atomic mass is 10.2. The highest BCUT2D eigenvalue weighted by atomic mass is 19.1. The second-order valence-corrected chi connectivity index (χ2v) is 4.78. The second-order valence-electron chi connectivity index (χ2n) is 4.78. The first-order chi connectivity index (χ1) is 12.5. The van der Waals surface area contributed by atoms with Crippen LogP contribution in [0.4, 0.5) is 4.39 Å². The van der Waals surface area contributed by atoms with Crippen molar-refractivity contribution in [3.63, 3.8) is 0 Å². The molecule has 0 spiro atoms. The normalized spacial score (nSPS) is 16.5. The first-order valence-electron chi connectivity index (χ1n) is 9.27. The molecule has 2 rings (SSSR count). The number of hydrogen-bond acceptors (Lipinski definition) is 3. The Bertz CT molecular complexity index is 793. The Balaban J connectivity index is 2.03. The molecule has 116 valence electrons. The molecule has 1 N–H and O–H groups in total. The van der Waals surface area contributed by atoms with Crippen molar-refractivity contribution in [2.75, 3.05) is 0 Å². The minimum absolute atomic E-state index is 0.0511. The molecule has 0 aliphatic heterocycles. The van der Waals surface area contributed by atoms with E-state index < -0.39 is 31.1 Å². The Hall–Kier alpha value is -2.20. The topological polar surface area (TPSA) is 38.3 Å². The predicted molar refractivity (Wildman–Crippen MR) is 84.2 cm³/mol. The summed E-state index contributed by atoms with van der Waals surface area (Å²) in [6.07, 6.45) is 0. The SMILES string of the molecule is [2H]C([2H])(Oc1ccc(CN[C@H](C(C)=O)C([2H])([2H])[2H])cc1)c1cccc(F)c1. The van der Waals surface area contributed by atoms with E-state index in [1.165, 1.54) is 37.3 Å². The van der Waals surface area contributed by atoms with E-state index >= 15 is 0 Å². The summed E-state index contributed by atoms with van der Waals surface area (Å²) in [6.45, 7) is -3.28. The van der Waals surface area contributed by atoms with Gasteiger partial charge in [0.05, 0.1) is 8.78 Å². The Morgan fingerprint density at radius 1 is 1.32 bits per heavy atom. The van der Waals surface area contributed by atoms with Gasteiger partial charge in [0.15, 0.2) is 0 Å². The molecule has 0 saturated heterocycles. The number of carbonyl (C=O) groups is 1. The van der Waals surface area contributed by atoms with Crippen molar-refractivity contribution < 1.29 is 20.8 Å². The van der Waals surface area contributed by atoms with Crippen LogP contribution in [0.15, 0.2) is 48.5 Å². The van der Waals surface area contributed by atoms with Gasteiger partial charge in [-0.3, -0.25) is 4.79 Å². The predicted octanol–water partition coefficient (Wildman–Crippen LogP) is 3.47. The van der Waals surface area contributed by atoms with Gasteiger partial charge < -0.3 is 10.1 Å². The van der Waals surface area contributed by atoms with Gasteiger partial charge in [0, 0.05) is 10.7 Å². The van der Waals surface area contributed by atoms with Crippen molar-refractivity contribution in [1.29, 1.82) is 0 Å². The molecule has 0 aliphatic rings. The van der Waals surface area contributed by atoms with Crippen LogP contribution >= 0.6 is 0 Å². The molecular weight excluding hydrogens is 281 g/mol. The van der Waals surface area contributed by atoms with Gasteiger partial charge in [-0.2, -0.15) is 0 Å². The number of hydrogen-bond donors (Lipinski definition) is 1. The van der Waals surface area contributed by atoms with Crippen LogP contribution in [0.25, 0.3) is 0 Å². The van der Waals surface area contributed by atoms with E-state index in [1.807, 2.05) is 0 Å². The zero-order valence-corrected chi connectivity index (χ0v) is 12.1. The summed E-state index contributed by atoms with van der Waals surface area (Å²) in [5.74, 6) is -0.805. The smallest absolute Gasteiger partial charge is 0.146 e. The zero-order valence-electron chi connectivity index (χ0n) is 17.1. The van der Waals surface area contributed by atoms with Crippen molar-refractivity contribution in [3.8, 4) is 5.75 Å². The molecule has 0 aromatic heterocycles. The summed E-state index contributed by atoms with van der Waals surface area (Å²) in [5, 5.41) is 2.71. The van der Waals surface area contributed by atoms with Crippen molar-refractivity contribution in [1.82, 2.24) is 5.32 Å². The summed E-state index contributed by atoms with van der Waals surface area (Å²) < 4.78 is 56.7. The number of benzene rings is 2. The third kappa shape index (κ3) is 4.97. The molecule has 4 heteroatoms. The molecule has 0 heterocycles. The standard InChI is InChI=1S/C18H20FNO2/c1-13(14(2)21)20-11-15-6-8-18(9-7-15)22-12-16-4-3-5-17(19)10-16/h3-10,13,20H,11-12H2,1-2H3/t13-/m0/s1/i1D3,12D2. The molecule has 2 aromatic carbocycles. The van der Waals surface area contributed by atoms with Gasteiger partial charge in [-0.1, -0.05) is 24.3 Å². The molecule has 0 unspecified atom stereocenters. The van der Waals surface area contributed by atoms with Crippen molar-refractivity contribution in [3.05, 3.63) is 65.5 Å². The number of ether oxygens (including phenoxy) is 1. The third-order valence-corrected chi connectivity index (χ3v) is 2.95. The van der Waals surface area contributed by atoms with Crippen LogP contribution in [-0.4, -0.2) is 11.8 Å². The molecular formula is C18H20FNO2. The van der Waals surface area contributed by atoms with Crippen LogP contribution in [0.5, 0.6) is 5.75 Å². The number of Topliss-reactive ketones (excluding diaryl/α,β-unsaturated/α-hetero) is 1. The minimum atomic E-state index is -2.43. The molecule has 0 aliphatic carbocycles. The number of ketones is 1. The van der Waals surface area contributed by atoms with E-state index in [0.717, 1.165) is 6.07 Å². The van der Waals surface area contributed by atoms with Gasteiger partial charge in [0.2, 0.25) is 0 Å². The van der Waals surface area contributed by atoms with E-state index in [-0.39, 0.29) is 17.9 Å². The molecule has 0 saturated carbocycles. The molecule has 0 amide bonds. The van der Waals surface area contributed by atoms with Crippen molar-refractivity contribution in [2.45, 2.75) is 32.9 Å². The first kappa shape index (κ1) is 10.5. The molecule has 0 fully saturated rings. The van der Waals surface area contributed by atoms with E-state index in [0.29, 0.717) is 5.56 Å². The second kappa shape index (κ2) is 7.71. The van der Waals surface area contributed by atoms with Gasteiger partial charge >= 0.3 is 0 Å². The Labute approximate surface area is 137 Å². The van der Waals surface area contributed by atoms with Gasteiger partial charge in [-0.15, -0.1) is 0 Å². The Kier molecular flexibility index (Phi) is 3.68. The van der Waals surface area contributed by atoms with Crippen LogP contribution in [0.1, 0.15) is 31.8 Å². The number of halogens is 1. The molecule has 0 radical (unpaired) electrons. The van der Waals surface area contributed by atoms with Crippen LogP contribution in [-0.2, 0) is 17.9 Å². The third-order valence-electron chi connectivity index (χ3n) is 2.95. The fourth-order valence-corrected chi connectivity index (χ4v) is 1.71. The van der Waals surface area contributed by atoms with Gasteiger partial charge in [0.1, 0.15) is 23.9 Å². The monoisotopic (exact) mass is 306 g/mol. The summed E-state index contributed by atoms with van der Waals surface area (Å²) in [7, 11) is 0. The van der Waals surface area contributed by atoms with Crippen LogP contribution in [0.2, 0.25) is 0 Å². The van der Waals surface area contributed by atoms with E-state index in [2.05, 4.69) is 5.32 Å². The Morgan fingerprint density at radius 2 is 2.09 bits per heavy atom. The molecule has 1 atom stereocenters. The fourth-order valence-electron chi connectivity index (χ4n) is 1.71. The van der Waals surface area contributed by atoms with E-state index in [9.17, 15) is 9.18 Å². The lowest BCUT2D eigenvalue weighted by Gasteiger charge is -2.11. The molecule has 0 bridgehead atoms. The molecule has 22 heavy (non-hydrogen) atoms. The summed E-state index contributed by atoms with van der Waals surface area (Å²) in [4.78, 5) is 11.5. The molecule has 3 nitrogen and oxygen atoms in total. The number of rotatable bonds is 7. The van der Waals surface area contributed by atoms with Crippen molar-refractivity contribution >= 4 is 5.78 Å². The summed E-state index contributed by atoms with van der Waals surface area (Å²) >= 11 is 0. The quantitative estimate of drug-likeness (QED) is 0.851. The highest BCUT2D eigenvalue weighted by Crippen LogP contribution is 2.15. The number of nitrogens with one attached hydrogen (secondary N) is 1. The maximum Gasteiger partial charge on any atom is 0.146 e. The van der Waals surface area contributed by atoms with E-state index in [4.69, 9.17) is 11.6 Å². The van der Waals surface area contributed by atoms with E-state index in [1.54, 1.807) is 12.1 Å². The number of carbonyl (C=O) groups excluding carboxylic acids is 1. The summed E-state index contributed by atoms with van der Waals surface area (Å²) in [5.41, 5.74) is 0.749. The van der Waals surface area contributed by atoms with Gasteiger partial charge in [-0.25, -0.2) is 4.39 Å². The maximum absolute atomic E-state index is 13.3. The van der Waals surface area contributed by atoms with Crippen LogP contribution in [0.3, 0.4) is 0 Å². The van der Waals surface area contributed by atoms with Gasteiger partial charge in [0.25, 0.3) is 0 Å². The largest absolute Gasteiger partial charge is 0.489 e. The lowest BCUT2D eigenvalue weighted by molar-refractivity contribution is -0.118. The minimum Gasteiger partial charge on any atom is -0.489 e. The average Bonchev–Trinajstić information content (AvgIpc) is 2.55. The van der Waals surface area contributed by atoms with Crippen molar-refractivity contribution in [2.24, 2.45) is 0 Å². The maximum atomic E-state index is 13.3. The van der Waals surface area contributed by atoms with Crippen LogP contribution in [0, 0.1) is 5.82 Å². The van der Waals surface area contributed by atoms with Crippen LogP contribution < -0.4 is 10.1 Å². The fraction of sp³-hybridized carbons (Fsp3) is 0.278. The zero-order chi connectivity index (χ0) is 20.2.